The molecular formula is C21H28O6. The lowest BCUT2D eigenvalue weighted by Crippen LogP contribution is -2.60. The van der Waals surface area contributed by atoms with Crippen LogP contribution in [0.1, 0.15) is 39.5 Å². The second kappa shape index (κ2) is 6.43. The van der Waals surface area contributed by atoms with Crippen molar-refractivity contribution in [2.75, 3.05) is 14.2 Å². The van der Waals surface area contributed by atoms with Crippen LogP contribution in [0.2, 0.25) is 0 Å². The van der Waals surface area contributed by atoms with Gasteiger partial charge in [-0.05, 0) is 42.6 Å². The summed E-state index contributed by atoms with van der Waals surface area (Å²) in [5, 5.41) is 0. The Kier molecular flexibility index (Phi) is 4.45. The molecule has 0 aromatic carbocycles. The minimum atomic E-state index is -1.04. The molecule has 2 heterocycles. The topological polar surface area (TPSA) is 78.9 Å². The summed E-state index contributed by atoms with van der Waals surface area (Å²) < 4.78 is 16.4. The van der Waals surface area contributed by atoms with Gasteiger partial charge in [0.25, 0.3) is 0 Å². The van der Waals surface area contributed by atoms with Gasteiger partial charge in [-0.2, -0.15) is 0 Å². The van der Waals surface area contributed by atoms with Gasteiger partial charge in [-0.15, -0.1) is 0 Å². The molecule has 2 aliphatic heterocycles. The van der Waals surface area contributed by atoms with E-state index in [1.54, 1.807) is 0 Å². The molecule has 0 N–H and O–H groups in total. The maximum absolute atomic E-state index is 13.1. The lowest BCUT2D eigenvalue weighted by molar-refractivity contribution is -0.167. The molecule has 7 atom stereocenters. The first-order valence-corrected chi connectivity index (χ1v) is 9.94. The van der Waals surface area contributed by atoms with Crippen LogP contribution in [-0.4, -0.2) is 43.6 Å². The molecule has 0 unspecified atom stereocenters. The van der Waals surface area contributed by atoms with E-state index in [2.05, 4.69) is 13.8 Å². The summed E-state index contributed by atoms with van der Waals surface area (Å²) in [5.74, 6) is -1.72. The lowest BCUT2D eigenvalue weighted by atomic mass is 9.51. The summed E-state index contributed by atoms with van der Waals surface area (Å²) in [7, 11) is 2.64. The number of hydrogen-bond donors (Lipinski definition) is 0. The fourth-order valence-electron chi connectivity index (χ4n) is 6.42. The Bertz CT molecular complexity index is 709. The van der Waals surface area contributed by atoms with Crippen molar-refractivity contribution in [2.24, 2.45) is 35.5 Å². The zero-order valence-corrected chi connectivity index (χ0v) is 16.4. The molecule has 1 spiro atoms. The summed E-state index contributed by atoms with van der Waals surface area (Å²) in [4.78, 5) is 38.5. The summed E-state index contributed by atoms with van der Waals surface area (Å²) in [6.45, 7) is 4.39. The molecule has 6 heteroatoms. The Morgan fingerprint density at radius 1 is 1.15 bits per heavy atom. The van der Waals surface area contributed by atoms with Gasteiger partial charge in [-0.3, -0.25) is 14.4 Å². The van der Waals surface area contributed by atoms with Crippen LogP contribution >= 0.6 is 0 Å². The predicted molar refractivity (Wildman–Crippen MR) is 95.5 cm³/mol. The standard InChI is InChI=1S/C21H28O6/c1-10(2)12-7-8-14(22)17-13(12)6-5-11-9-15-16(19(23)25-3)18(20(24)26-4)21(11,17)27-15/h9-10,12-13,15-18H,5-8H2,1-4H3/t12-,13-,15-,16-,17-,18+,21-/m0/s1. The Hall–Kier alpha value is -1.69. The van der Waals surface area contributed by atoms with Crippen LogP contribution in [0.15, 0.2) is 11.6 Å². The van der Waals surface area contributed by atoms with E-state index in [0.29, 0.717) is 18.3 Å². The Balaban J connectivity index is 1.84. The third kappa shape index (κ3) is 2.38. The smallest absolute Gasteiger partial charge is 0.312 e. The van der Waals surface area contributed by atoms with Crippen LogP contribution < -0.4 is 0 Å². The molecular weight excluding hydrogens is 348 g/mol. The van der Waals surface area contributed by atoms with Gasteiger partial charge in [0.05, 0.1) is 26.2 Å². The van der Waals surface area contributed by atoms with Crippen molar-refractivity contribution in [2.45, 2.75) is 51.2 Å². The number of Topliss-reactive ketones (excluding diaryl/α,β-unsaturated/α-hetero) is 1. The van der Waals surface area contributed by atoms with Gasteiger partial charge in [-0.25, -0.2) is 0 Å². The van der Waals surface area contributed by atoms with Crippen LogP contribution in [0.4, 0.5) is 0 Å². The number of ether oxygens (including phenoxy) is 3. The quantitative estimate of drug-likeness (QED) is 0.556. The van der Waals surface area contributed by atoms with Crippen LogP contribution in [-0.2, 0) is 28.6 Å². The maximum Gasteiger partial charge on any atom is 0.312 e. The molecule has 3 fully saturated rings. The molecule has 4 aliphatic rings. The Morgan fingerprint density at radius 2 is 1.85 bits per heavy atom. The first-order chi connectivity index (χ1) is 12.9. The SMILES string of the molecule is COC(=O)[C@H]1[C@@H]2C=C3CC[C@@H]4[C@@H](C(=O)CC[C@H]4C(C)C)[C@]3(O2)[C@H]1C(=O)OC. The molecule has 0 radical (unpaired) electrons. The third-order valence-electron chi connectivity index (χ3n) is 7.42. The first kappa shape index (κ1) is 18.7. The molecule has 6 nitrogen and oxygen atoms in total. The van der Waals surface area contributed by atoms with Crippen LogP contribution in [0.5, 0.6) is 0 Å². The number of hydrogen-bond acceptors (Lipinski definition) is 6. The predicted octanol–water partition coefficient (Wildman–Crippen LogP) is 2.30. The Labute approximate surface area is 159 Å². The monoisotopic (exact) mass is 376 g/mol. The number of ketones is 1. The number of esters is 2. The number of methoxy groups -OCH3 is 2. The fourth-order valence-corrected chi connectivity index (χ4v) is 6.42. The Morgan fingerprint density at radius 3 is 2.48 bits per heavy atom. The number of carbonyl (C=O) groups is 3. The summed E-state index contributed by atoms with van der Waals surface area (Å²) in [5.41, 5.74) is -0.0356. The summed E-state index contributed by atoms with van der Waals surface area (Å²) in [6, 6.07) is 0. The molecule has 148 valence electrons. The van der Waals surface area contributed by atoms with E-state index in [1.165, 1.54) is 14.2 Å². The number of carbonyl (C=O) groups excluding carboxylic acids is 3. The van der Waals surface area contributed by atoms with Gasteiger partial charge in [0, 0.05) is 6.42 Å². The summed E-state index contributed by atoms with van der Waals surface area (Å²) in [6.07, 6.45) is 4.56. The van der Waals surface area contributed by atoms with Crippen molar-refractivity contribution in [3.05, 3.63) is 11.6 Å². The average Bonchev–Trinajstić information content (AvgIpc) is 3.19. The minimum Gasteiger partial charge on any atom is -0.469 e. The largest absolute Gasteiger partial charge is 0.469 e. The molecule has 2 bridgehead atoms. The van der Waals surface area contributed by atoms with Gasteiger partial charge in [0.15, 0.2) is 0 Å². The highest BCUT2D eigenvalue weighted by Crippen LogP contribution is 2.63. The zero-order valence-electron chi connectivity index (χ0n) is 16.4. The lowest BCUT2D eigenvalue weighted by Gasteiger charge is -2.52. The van der Waals surface area contributed by atoms with Crippen molar-refractivity contribution >= 4 is 17.7 Å². The highest BCUT2D eigenvalue weighted by Gasteiger charge is 2.72. The van der Waals surface area contributed by atoms with Gasteiger partial charge in [-0.1, -0.05) is 19.9 Å². The van der Waals surface area contributed by atoms with Crippen molar-refractivity contribution in [1.82, 2.24) is 0 Å². The van der Waals surface area contributed by atoms with Gasteiger partial charge >= 0.3 is 11.9 Å². The molecule has 0 amide bonds. The second-order valence-electron chi connectivity index (χ2n) is 8.71. The van der Waals surface area contributed by atoms with Crippen molar-refractivity contribution in [1.29, 1.82) is 0 Å². The van der Waals surface area contributed by atoms with Crippen LogP contribution in [0.25, 0.3) is 0 Å². The van der Waals surface area contributed by atoms with Crippen LogP contribution in [0.3, 0.4) is 0 Å². The van der Waals surface area contributed by atoms with E-state index in [-0.39, 0.29) is 17.6 Å². The molecule has 0 aromatic rings. The number of rotatable bonds is 3. The van der Waals surface area contributed by atoms with Gasteiger partial charge in [0.1, 0.15) is 23.2 Å². The first-order valence-electron chi connectivity index (χ1n) is 9.94. The van der Waals surface area contributed by atoms with E-state index in [4.69, 9.17) is 14.2 Å². The number of fused-ring (bicyclic) bond motifs is 2. The highest BCUT2D eigenvalue weighted by molar-refractivity contribution is 5.91. The molecule has 4 rings (SSSR count). The highest BCUT2D eigenvalue weighted by atomic mass is 16.6. The minimum absolute atomic E-state index is 0.155. The van der Waals surface area contributed by atoms with Crippen LogP contribution in [0, 0.1) is 35.5 Å². The summed E-state index contributed by atoms with van der Waals surface area (Å²) >= 11 is 0. The van der Waals surface area contributed by atoms with E-state index in [1.807, 2.05) is 6.08 Å². The van der Waals surface area contributed by atoms with E-state index < -0.39 is 35.5 Å². The fraction of sp³-hybridized carbons (Fsp3) is 0.762. The molecule has 27 heavy (non-hydrogen) atoms. The van der Waals surface area contributed by atoms with Gasteiger partial charge < -0.3 is 14.2 Å². The van der Waals surface area contributed by atoms with E-state index in [9.17, 15) is 14.4 Å². The normalized spacial score (nSPS) is 42.4. The third-order valence-corrected chi connectivity index (χ3v) is 7.42. The maximum atomic E-state index is 13.1. The molecule has 1 saturated heterocycles. The average molecular weight is 376 g/mol. The second-order valence-corrected chi connectivity index (χ2v) is 8.71. The van der Waals surface area contributed by atoms with Gasteiger partial charge in [0.2, 0.25) is 0 Å². The van der Waals surface area contributed by atoms with E-state index >= 15 is 0 Å². The van der Waals surface area contributed by atoms with Crippen molar-refractivity contribution < 1.29 is 28.6 Å². The molecule has 0 aromatic heterocycles. The van der Waals surface area contributed by atoms with Crippen molar-refractivity contribution in [3.8, 4) is 0 Å². The van der Waals surface area contributed by atoms with Crippen molar-refractivity contribution in [3.63, 3.8) is 0 Å². The zero-order chi connectivity index (χ0) is 19.5. The molecule has 2 aliphatic carbocycles. The molecule has 2 saturated carbocycles. The van der Waals surface area contributed by atoms with E-state index in [0.717, 1.165) is 24.8 Å².